The molecule has 1 aromatic carbocycles. The van der Waals surface area contributed by atoms with E-state index in [2.05, 4.69) is 12.0 Å². The minimum absolute atomic E-state index is 0.212. The second-order valence-corrected chi connectivity index (χ2v) is 3.32. The Morgan fingerprint density at radius 1 is 1.44 bits per heavy atom. The van der Waals surface area contributed by atoms with Crippen LogP contribution in [0.5, 0.6) is 0 Å². The van der Waals surface area contributed by atoms with Gasteiger partial charge in [-0.25, -0.2) is 5.84 Å². The minimum atomic E-state index is -0.212. The first-order valence-electron chi connectivity index (χ1n) is 5.02. The van der Waals surface area contributed by atoms with E-state index >= 15 is 0 Å². The zero-order valence-corrected chi connectivity index (χ0v) is 9.11. The smallest absolute Gasteiger partial charge is 0.238 e. The predicted molar refractivity (Wildman–Crippen MR) is 62.3 cm³/mol. The Morgan fingerprint density at radius 2 is 2.12 bits per heavy atom. The van der Waals surface area contributed by atoms with E-state index in [1.165, 1.54) is 0 Å². The van der Waals surface area contributed by atoms with Crippen LogP contribution in [0.3, 0.4) is 0 Å². The number of hydrogen-bond acceptors (Lipinski definition) is 3. The van der Waals surface area contributed by atoms with Crippen LogP contribution in [0.15, 0.2) is 36.9 Å². The van der Waals surface area contributed by atoms with Crippen molar-refractivity contribution in [2.75, 3.05) is 6.61 Å². The Balaban J connectivity index is 2.67. The predicted octanol–water partition coefficient (Wildman–Crippen LogP) is 0.922. The summed E-state index contributed by atoms with van der Waals surface area (Å²) in [6, 6.07) is 7.62. The molecule has 0 aromatic heterocycles. The van der Waals surface area contributed by atoms with Crippen molar-refractivity contribution < 1.29 is 9.53 Å². The molecular formula is C12H16N2O2. The van der Waals surface area contributed by atoms with Crippen molar-refractivity contribution in [3.8, 4) is 0 Å². The SMILES string of the molecule is C=CCOCc1ccccc1CC(=O)NN. The van der Waals surface area contributed by atoms with Crippen LogP contribution < -0.4 is 11.3 Å². The van der Waals surface area contributed by atoms with Crippen molar-refractivity contribution in [1.29, 1.82) is 0 Å². The topological polar surface area (TPSA) is 64.3 Å². The molecule has 3 N–H and O–H groups in total. The summed E-state index contributed by atoms with van der Waals surface area (Å²) in [4.78, 5) is 11.2. The third-order valence-corrected chi connectivity index (χ3v) is 2.12. The molecule has 1 aromatic rings. The maximum atomic E-state index is 11.2. The fraction of sp³-hybridized carbons (Fsp3) is 0.250. The van der Waals surface area contributed by atoms with Gasteiger partial charge in [0.25, 0.3) is 0 Å². The summed E-state index contributed by atoms with van der Waals surface area (Å²) in [5.74, 6) is 4.84. The van der Waals surface area contributed by atoms with E-state index in [0.29, 0.717) is 13.2 Å². The van der Waals surface area contributed by atoms with Crippen molar-refractivity contribution in [2.24, 2.45) is 5.84 Å². The lowest BCUT2D eigenvalue weighted by Gasteiger charge is -2.08. The molecule has 4 nitrogen and oxygen atoms in total. The number of nitrogens with two attached hydrogens (primary N) is 1. The zero-order valence-electron chi connectivity index (χ0n) is 9.11. The number of hydrogen-bond donors (Lipinski definition) is 2. The van der Waals surface area contributed by atoms with Crippen LogP contribution in [0.2, 0.25) is 0 Å². The van der Waals surface area contributed by atoms with Gasteiger partial charge in [0, 0.05) is 0 Å². The fourth-order valence-electron chi connectivity index (χ4n) is 1.35. The average Bonchev–Trinajstić information content (AvgIpc) is 2.31. The van der Waals surface area contributed by atoms with Gasteiger partial charge < -0.3 is 4.74 Å². The lowest BCUT2D eigenvalue weighted by atomic mass is 10.1. The standard InChI is InChI=1S/C12H16N2O2/c1-2-7-16-9-11-6-4-3-5-10(11)8-12(15)14-13/h2-6H,1,7-9,13H2,(H,14,15). The van der Waals surface area contributed by atoms with Gasteiger partial charge in [-0.15, -0.1) is 6.58 Å². The van der Waals surface area contributed by atoms with Gasteiger partial charge in [0.1, 0.15) is 0 Å². The number of carbonyl (C=O) groups is 1. The number of nitrogens with one attached hydrogen (secondary N) is 1. The number of carbonyl (C=O) groups excluding carboxylic acids is 1. The highest BCUT2D eigenvalue weighted by Gasteiger charge is 2.06. The van der Waals surface area contributed by atoms with Crippen LogP contribution >= 0.6 is 0 Å². The molecule has 0 unspecified atom stereocenters. The molecule has 0 aliphatic carbocycles. The molecule has 0 heterocycles. The first-order valence-corrected chi connectivity index (χ1v) is 5.02. The first-order chi connectivity index (χ1) is 7.77. The second-order valence-electron chi connectivity index (χ2n) is 3.32. The number of ether oxygens (including phenoxy) is 1. The highest BCUT2D eigenvalue weighted by molar-refractivity contribution is 5.78. The van der Waals surface area contributed by atoms with Crippen molar-refractivity contribution >= 4 is 5.91 Å². The molecule has 0 saturated carbocycles. The number of rotatable bonds is 6. The average molecular weight is 220 g/mol. The van der Waals surface area contributed by atoms with Crippen LogP contribution in [-0.4, -0.2) is 12.5 Å². The highest BCUT2D eigenvalue weighted by atomic mass is 16.5. The molecular weight excluding hydrogens is 204 g/mol. The zero-order chi connectivity index (χ0) is 11.8. The lowest BCUT2D eigenvalue weighted by molar-refractivity contribution is -0.120. The fourth-order valence-corrected chi connectivity index (χ4v) is 1.35. The van der Waals surface area contributed by atoms with Gasteiger partial charge in [0.15, 0.2) is 0 Å². The van der Waals surface area contributed by atoms with Gasteiger partial charge in [-0.1, -0.05) is 30.3 Å². The van der Waals surface area contributed by atoms with Crippen molar-refractivity contribution in [2.45, 2.75) is 13.0 Å². The number of benzene rings is 1. The Hall–Kier alpha value is -1.65. The largest absolute Gasteiger partial charge is 0.373 e. The summed E-state index contributed by atoms with van der Waals surface area (Å²) in [6.07, 6.45) is 1.96. The van der Waals surface area contributed by atoms with Gasteiger partial charge >= 0.3 is 0 Å². The molecule has 0 saturated heterocycles. The van der Waals surface area contributed by atoms with Crippen molar-refractivity contribution in [1.82, 2.24) is 5.43 Å². The van der Waals surface area contributed by atoms with E-state index in [-0.39, 0.29) is 12.3 Å². The summed E-state index contributed by atoms with van der Waals surface area (Å²) in [7, 11) is 0. The summed E-state index contributed by atoms with van der Waals surface area (Å²) in [5, 5.41) is 0. The quantitative estimate of drug-likeness (QED) is 0.246. The van der Waals surface area contributed by atoms with Crippen molar-refractivity contribution in [3.63, 3.8) is 0 Å². The Morgan fingerprint density at radius 3 is 2.75 bits per heavy atom. The second kappa shape index (κ2) is 6.76. The van der Waals surface area contributed by atoms with Crippen LogP contribution in [0.1, 0.15) is 11.1 Å². The van der Waals surface area contributed by atoms with E-state index in [1.54, 1.807) is 6.08 Å². The molecule has 86 valence electrons. The van der Waals surface area contributed by atoms with Gasteiger partial charge in [-0.2, -0.15) is 0 Å². The molecule has 0 spiro atoms. The highest BCUT2D eigenvalue weighted by Crippen LogP contribution is 2.10. The Bertz CT molecular complexity index is 364. The molecule has 0 aliphatic rings. The van der Waals surface area contributed by atoms with E-state index in [4.69, 9.17) is 10.6 Å². The maximum Gasteiger partial charge on any atom is 0.238 e. The third-order valence-electron chi connectivity index (χ3n) is 2.12. The van der Waals surface area contributed by atoms with E-state index in [0.717, 1.165) is 11.1 Å². The molecule has 0 radical (unpaired) electrons. The molecule has 0 fully saturated rings. The minimum Gasteiger partial charge on any atom is -0.373 e. The van der Waals surface area contributed by atoms with Crippen LogP contribution in [-0.2, 0) is 22.6 Å². The molecule has 4 heteroatoms. The van der Waals surface area contributed by atoms with Crippen LogP contribution in [0.25, 0.3) is 0 Å². The molecule has 16 heavy (non-hydrogen) atoms. The number of hydrazine groups is 1. The maximum absolute atomic E-state index is 11.2. The molecule has 1 amide bonds. The molecule has 0 aliphatic heterocycles. The van der Waals surface area contributed by atoms with Crippen LogP contribution in [0.4, 0.5) is 0 Å². The Labute approximate surface area is 95.1 Å². The summed E-state index contributed by atoms with van der Waals surface area (Å²) >= 11 is 0. The lowest BCUT2D eigenvalue weighted by Crippen LogP contribution is -2.31. The monoisotopic (exact) mass is 220 g/mol. The van der Waals surface area contributed by atoms with Gasteiger partial charge in [0.05, 0.1) is 19.6 Å². The van der Waals surface area contributed by atoms with Crippen LogP contribution in [0, 0.1) is 0 Å². The molecule has 0 atom stereocenters. The summed E-state index contributed by atoms with van der Waals surface area (Å²) < 4.78 is 5.34. The third kappa shape index (κ3) is 3.84. The normalized spacial score (nSPS) is 9.81. The van der Waals surface area contributed by atoms with E-state index in [1.807, 2.05) is 24.3 Å². The summed E-state index contributed by atoms with van der Waals surface area (Å²) in [6.45, 7) is 4.54. The first kappa shape index (κ1) is 12.4. The number of amides is 1. The van der Waals surface area contributed by atoms with Crippen molar-refractivity contribution in [3.05, 3.63) is 48.0 Å². The summed E-state index contributed by atoms with van der Waals surface area (Å²) in [5.41, 5.74) is 4.03. The van der Waals surface area contributed by atoms with Gasteiger partial charge in [0.2, 0.25) is 5.91 Å². The van der Waals surface area contributed by atoms with Gasteiger partial charge in [-0.05, 0) is 11.1 Å². The van der Waals surface area contributed by atoms with Gasteiger partial charge in [-0.3, -0.25) is 10.2 Å². The molecule has 0 bridgehead atoms. The Kier molecular flexibility index (Phi) is 5.25. The molecule has 1 rings (SSSR count). The van der Waals surface area contributed by atoms with E-state index < -0.39 is 0 Å². The van der Waals surface area contributed by atoms with E-state index in [9.17, 15) is 4.79 Å².